The number of carbonyl (C=O) groups excluding carboxylic acids is 1. The molecule has 0 aliphatic carbocycles. The summed E-state index contributed by atoms with van der Waals surface area (Å²) in [4.78, 5) is 21.1. The van der Waals surface area contributed by atoms with E-state index in [1.807, 2.05) is 39.8 Å². The number of anilines is 2. The van der Waals surface area contributed by atoms with Crippen LogP contribution in [0.1, 0.15) is 42.5 Å². The lowest BCUT2D eigenvalue weighted by molar-refractivity contribution is 0.102. The Morgan fingerprint density at radius 2 is 1.53 bits per heavy atom. The first-order chi connectivity index (χ1) is 14.1. The predicted molar refractivity (Wildman–Crippen MR) is 117 cm³/mol. The number of benzene rings is 2. The Labute approximate surface area is 176 Å². The van der Waals surface area contributed by atoms with Crippen LogP contribution in [0, 0.1) is 6.92 Å². The summed E-state index contributed by atoms with van der Waals surface area (Å²) in [6, 6.07) is 12.8. The summed E-state index contributed by atoms with van der Waals surface area (Å²) in [6.45, 7) is 7.83. The smallest absolute Gasteiger partial charge is 0.261 e. The van der Waals surface area contributed by atoms with Crippen molar-refractivity contribution in [1.29, 1.82) is 0 Å². The average Bonchev–Trinajstić information content (AvgIpc) is 2.69. The molecule has 8 heteroatoms. The highest BCUT2D eigenvalue weighted by atomic mass is 32.2. The van der Waals surface area contributed by atoms with Gasteiger partial charge in [-0.05, 0) is 42.8 Å². The van der Waals surface area contributed by atoms with Gasteiger partial charge in [0.05, 0.1) is 28.7 Å². The van der Waals surface area contributed by atoms with Gasteiger partial charge >= 0.3 is 0 Å². The molecule has 0 fully saturated rings. The van der Waals surface area contributed by atoms with Crippen LogP contribution in [0.4, 0.5) is 11.4 Å². The Morgan fingerprint density at radius 3 is 2.10 bits per heavy atom. The zero-order chi connectivity index (χ0) is 21.9. The number of nitrogens with zero attached hydrogens (tertiary/aromatic N) is 2. The lowest BCUT2D eigenvalue weighted by atomic mass is 9.96. The van der Waals surface area contributed by atoms with Crippen molar-refractivity contribution in [3.05, 3.63) is 77.9 Å². The largest absolute Gasteiger partial charge is 0.319 e. The molecule has 0 spiro atoms. The molecule has 0 saturated carbocycles. The van der Waals surface area contributed by atoms with Crippen LogP contribution in [-0.4, -0.2) is 24.3 Å². The minimum absolute atomic E-state index is 0.0696. The van der Waals surface area contributed by atoms with Crippen molar-refractivity contribution in [3.63, 3.8) is 0 Å². The van der Waals surface area contributed by atoms with Crippen molar-refractivity contribution in [2.45, 2.75) is 38.0 Å². The number of carbonyl (C=O) groups is 1. The van der Waals surface area contributed by atoms with E-state index in [4.69, 9.17) is 0 Å². The van der Waals surface area contributed by atoms with Crippen molar-refractivity contribution >= 4 is 27.3 Å². The molecule has 1 heterocycles. The van der Waals surface area contributed by atoms with Crippen molar-refractivity contribution in [1.82, 2.24) is 9.97 Å². The van der Waals surface area contributed by atoms with E-state index in [1.165, 1.54) is 24.3 Å². The van der Waals surface area contributed by atoms with E-state index in [2.05, 4.69) is 20.0 Å². The fourth-order valence-electron chi connectivity index (χ4n) is 2.66. The third kappa shape index (κ3) is 5.01. The number of amides is 1. The number of nitrogens with one attached hydrogen (secondary N) is 2. The van der Waals surface area contributed by atoms with Crippen LogP contribution in [0.5, 0.6) is 0 Å². The molecule has 156 valence electrons. The third-order valence-corrected chi connectivity index (χ3v) is 5.78. The maximum absolute atomic E-state index is 12.6. The molecule has 2 N–H and O–H groups in total. The van der Waals surface area contributed by atoms with Gasteiger partial charge in [0.2, 0.25) is 0 Å². The highest BCUT2D eigenvalue weighted by molar-refractivity contribution is 7.92. The fraction of sp³-hybridized carbons (Fsp3) is 0.227. The normalized spacial score (nSPS) is 11.7. The van der Waals surface area contributed by atoms with E-state index in [9.17, 15) is 13.2 Å². The van der Waals surface area contributed by atoms with Gasteiger partial charge in [-0.1, -0.05) is 39.0 Å². The van der Waals surface area contributed by atoms with Crippen molar-refractivity contribution in [3.8, 4) is 0 Å². The van der Waals surface area contributed by atoms with Gasteiger partial charge < -0.3 is 5.32 Å². The quantitative estimate of drug-likeness (QED) is 0.641. The fourth-order valence-corrected chi connectivity index (χ4v) is 3.79. The molecule has 1 aromatic heterocycles. The first-order valence-electron chi connectivity index (χ1n) is 9.39. The highest BCUT2D eigenvalue weighted by Gasteiger charge is 2.18. The van der Waals surface area contributed by atoms with Gasteiger partial charge in [0, 0.05) is 11.0 Å². The van der Waals surface area contributed by atoms with Gasteiger partial charge in [-0.3, -0.25) is 9.52 Å². The summed E-state index contributed by atoms with van der Waals surface area (Å²) < 4.78 is 27.8. The second-order valence-electron chi connectivity index (χ2n) is 7.94. The summed E-state index contributed by atoms with van der Waals surface area (Å²) in [6.07, 6.45) is 3.10. The average molecular weight is 425 g/mol. The molecule has 3 rings (SSSR count). The monoisotopic (exact) mass is 424 g/mol. The zero-order valence-electron chi connectivity index (χ0n) is 17.3. The maximum atomic E-state index is 12.6. The molecular weight excluding hydrogens is 400 g/mol. The Kier molecular flexibility index (Phi) is 5.89. The number of rotatable bonds is 5. The van der Waals surface area contributed by atoms with Crippen LogP contribution in [0.2, 0.25) is 0 Å². The van der Waals surface area contributed by atoms with E-state index in [-0.39, 0.29) is 16.2 Å². The van der Waals surface area contributed by atoms with Crippen molar-refractivity contribution in [2.24, 2.45) is 0 Å². The van der Waals surface area contributed by atoms with Crippen LogP contribution < -0.4 is 10.0 Å². The molecule has 0 aliphatic rings. The number of hydrogen-bond donors (Lipinski definition) is 2. The van der Waals surface area contributed by atoms with Crippen LogP contribution >= 0.6 is 0 Å². The molecule has 0 unspecified atom stereocenters. The Balaban J connectivity index is 1.72. The van der Waals surface area contributed by atoms with E-state index in [0.717, 1.165) is 5.56 Å². The Bertz CT molecular complexity index is 1150. The minimum Gasteiger partial charge on any atom is -0.319 e. The number of hydrogen-bond acceptors (Lipinski definition) is 5. The molecule has 3 aromatic rings. The topological polar surface area (TPSA) is 101 Å². The Hall–Kier alpha value is -3.26. The lowest BCUT2D eigenvalue weighted by Gasteiger charge is -2.16. The molecule has 7 nitrogen and oxygen atoms in total. The van der Waals surface area contributed by atoms with Crippen LogP contribution in [0.15, 0.2) is 65.8 Å². The third-order valence-electron chi connectivity index (χ3n) is 4.40. The zero-order valence-corrected chi connectivity index (χ0v) is 18.1. The van der Waals surface area contributed by atoms with Gasteiger partial charge in [-0.2, -0.15) is 0 Å². The van der Waals surface area contributed by atoms with Gasteiger partial charge in [0.15, 0.2) is 0 Å². The second kappa shape index (κ2) is 8.23. The van der Waals surface area contributed by atoms with Gasteiger partial charge in [0.1, 0.15) is 5.82 Å². The highest BCUT2D eigenvalue weighted by Crippen LogP contribution is 2.21. The van der Waals surface area contributed by atoms with Crippen LogP contribution in [0.3, 0.4) is 0 Å². The SMILES string of the molecule is Cc1ccccc1NS(=O)(=O)c1ccc(C(=O)Nc2cnc(C(C)(C)C)nc2)cc1. The maximum Gasteiger partial charge on any atom is 0.261 e. The van der Waals surface area contributed by atoms with E-state index < -0.39 is 10.0 Å². The van der Waals surface area contributed by atoms with Crippen LogP contribution in [-0.2, 0) is 15.4 Å². The molecule has 0 radical (unpaired) electrons. The summed E-state index contributed by atoms with van der Waals surface area (Å²) in [7, 11) is -3.76. The molecule has 0 bridgehead atoms. The van der Waals surface area contributed by atoms with Crippen molar-refractivity contribution < 1.29 is 13.2 Å². The minimum atomic E-state index is -3.76. The molecule has 0 saturated heterocycles. The van der Waals surface area contributed by atoms with Crippen LogP contribution in [0.25, 0.3) is 0 Å². The molecule has 30 heavy (non-hydrogen) atoms. The summed E-state index contributed by atoms with van der Waals surface area (Å²) >= 11 is 0. The predicted octanol–water partition coefficient (Wildman–Crippen LogP) is 4.14. The van der Waals surface area contributed by atoms with Gasteiger partial charge in [-0.15, -0.1) is 0 Å². The molecule has 0 atom stereocenters. The lowest BCUT2D eigenvalue weighted by Crippen LogP contribution is -2.17. The molecule has 2 aromatic carbocycles. The number of para-hydroxylation sites is 1. The molecular formula is C22H24N4O3S. The van der Waals surface area contributed by atoms with Crippen molar-refractivity contribution in [2.75, 3.05) is 10.0 Å². The van der Waals surface area contributed by atoms with Gasteiger partial charge in [-0.25, -0.2) is 18.4 Å². The first-order valence-corrected chi connectivity index (χ1v) is 10.9. The van der Waals surface area contributed by atoms with E-state index >= 15 is 0 Å². The molecule has 0 aliphatic heterocycles. The number of aromatic nitrogens is 2. The summed E-state index contributed by atoms with van der Waals surface area (Å²) in [5.74, 6) is 0.300. The second-order valence-corrected chi connectivity index (χ2v) is 9.63. The van der Waals surface area contributed by atoms with E-state index in [1.54, 1.807) is 24.5 Å². The number of aryl methyl sites for hydroxylation is 1. The standard InChI is InChI=1S/C22H24N4O3S/c1-15-7-5-6-8-19(15)26-30(28,29)18-11-9-16(10-12-18)20(27)25-17-13-23-21(24-14-17)22(2,3)4/h5-14,26H,1-4H3,(H,25,27). The summed E-state index contributed by atoms with van der Waals surface area (Å²) in [5.41, 5.74) is 1.93. The Morgan fingerprint density at radius 1 is 0.933 bits per heavy atom. The molecule has 1 amide bonds. The summed E-state index contributed by atoms with van der Waals surface area (Å²) in [5, 5.41) is 2.71. The first kappa shape index (κ1) is 21.4. The van der Waals surface area contributed by atoms with E-state index in [0.29, 0.717) is 22.8 Å². The number of sulfonamides is 1. The van der Waals surface area contributed by atoms with Gasteiger partial charge in [0.25, 0.3) is 15.9 Å².